The Labute approximate surface area is 188 Å². The number of nitrogens with one attached hydrogen (secondary N) is 2. The van der Waals surface area contributed by atoms with Gasteiger partial charge in [-0.05, 0) is 36.2 Å². The number of aromatic nitrogens is 1. The third kappa shape index (κ3) is 5.01. The molecule has 0 aliphatic rings. The van der Waals surface area contributed by atoms with E-state index >= 15 is 0 Å². The fourth-order valence-corrected chi connectivity index (χ4v) is 4.09. The fraction of sp³-hybridized carbons (Fsp3) is 0.222. The molecule has 5 nitrogen and oxygen atoms in total. The van der Waals surface area contributed by atoms with Gasteiger partial charge in [0.2, 0.25) is 0 Å². The molecular weight excluding hydrogens is 398 g/mol. The summed E-state index contributed by atoms with van der Waals surface area (Å²) in [4.78, 5) is 16.0. The molecule has 4 rings (SSSR count). The highest BCUT2D eigenvalue weighted by Crippen LogP contribution is 2.31. The van der Waals surface area contributed by atoms with Crippen LogP contribution in [0.2, 0.25) is 0 Å². The number of quaternary nitrogens is 1. The van der Waals surface area contributed by atoms with Gasteiger partial charge in [0.1, 0.15) is 11.8 Å². The summed E-state index contributed by atoms with van der Waals surface area (Å²) in [6, 6.07) is 26.8. The minimum Gasteiger partial charge on any atom is -0.497 e. The number of para-hydroxylation sites is 1. The molecule has 0 unspecified atom stereocenters. The number of nitrogens with two attached hydrogens (primary N) is 1. The number of fused-ring (bicyclic) bond motifs is 1. The Hall–Kier alpha value is -3.57. The van der Waals surface area contributed by atoms with Crippen LogP contribution in [0.25, 0.3) is 10.9 Å². The van der Waals surface area contributed by atoms with Crippen molar-refractivity contribution in [3.8, 4) is 5.75 Å². The molecule has 1 heterocycles. The Bertz CT molecular complexity index is 1150. The van der Waals surface area contributed by atoms with Crippen molar-refractivity contribution >= 4 is 16.8 Å². The molecule has 0 saturated heterocycles. The molecule has 3 aromatic carbocycles. The van der Waals surface area contributed by atoms with Crippen molar-refractivity contribution in [1.82, 2.24) is 10.3 Å². The summed E-state index contributed by atoms with van der Waals surface area (Å²) in [6.45, 7) is 3.04. The van der Waals surface area contributed by atoms with E-state index in [0.29, 0.717) is 13.1 Å². The van der Waals surface area contributed by atoms with Gasteiger partial charge >= 0.3 is 0 Å². The molecule has 0 bridgehead atoms. The summed E-state index contributed by atoms with van der Waals surface area (Å²) >= 11 is 0. The molecule has 0 aliphatic carbocycles. The third-order valence-electron chi connectivity index (χ3n) is 6.00. The van der Waals surface area contributed by atoms with Gasteiger partial charge in [-0.15, -0.1) is 0 Å². The summed E-state index contributed by atoms with van der Waals surface area (Å²) in [5.74, 6) is 0.888. The summed E-state index contributed by atoms with van der Waals surface area (Å²) < 4.78 is 5.32. The fourth-order valence-electron chi connectivity index (χ4n) is 4.09. The van der Waals surface area contributed by atoms with Gasteiger partial charge < -0.3 is 20.4 Å². The van der Waals surface area contributed by atoms with Crippen molar-refractivity contribution in [3.63, 3.8) is 0 Å². The molecule has 4 aromatic rings. The van der Waals surface area contributed by atoms with Crippen molar-refractivity contribution in [2.75, 3.05) is 20.2 Å². The molecule has 0 spiro atoms. The van der Waals surface area contributed by atoms with Crippen molar-refractivity contribution in [3.05, 3.63) is 102 Å². The highest BCUT2D eigenvalue weighted by Gasteiger charge is 2.20. The van der Waals surface area contributed by atoms with Gasteiger partial charge in [0.25, 0.3) is 5.91 Å². The predicted molar refractivity (Wildman–Crippen MR) is 128 cm³/mol. The first kappa shape index (κ1) is 21.7. The molecule has 0 aliphatic heterocycles. The molecule has 164 valence electrons. The lowest BCUT2D eigenvalue weighted by atomic mass is 9.90. The molecular formula is C27H30N3O2+. The van der Waals surface area contributed by atoms with E-state index < -0.39 is 0 Å². The second kappa shape index (κ2) is 10.2. The average Bonchev–Trinajstić information content (AvgIpc) is 3.27. The number of hydrogen-bond acceptors (Lipinski definition) is 2. The molecule has 2 atom stereocenters. The van der Waals surface area contributed by atoms with Crippen LogP contribution in [0.15, 0.2) is 85.1 Å². The SMILES string of the molecule is COc1ccc([C@H](CNC(=O)C[NH2+][C@@H](C)c2ccccc2)c2c[nH]c3ccccc23)cc1. The smallest absolute Gasteiger partial charge is 0.275 e. The summed E-state index contributed by atoms with van der Waals surface area (Å²) in [5.41, 5.74) is 4.62. The Morgan fingerprint density at radius 2 is 1.69 bits per heavy atom. The summed E-state index contributed by atoms with van der Waals surface area (Å²) in [5, 5.41) is 6.40. The van der Waals surface area contributed by atoms with Crippen LogP contribution in [-0.4, -0.2) is 31.1 Å². The van der Waals surface area contributed by atoms with Gasteiger partial charge in [-0.2, -0.15) is 0 Å². The Kier molecular flexibility index (Phi) is 6.87. The lowest BCUT2D eigenvalue weighted by Crippen LogP contribution is -2.87. The standard InChI is InChI=1S/C27H29N3O2/c1-19(20-8-4-3-5-9-20)28-18-27(31)30-16-24(21-12-14-22(32-2)15-13-21)25-17-29-26-11-7-6-10-23(25)26/h3-15,17,19,24,28-29H,16,18H2,1-2H3,(H,30,31)/p+1/t19-,24-/m0/s1. The van der Waals surface area contributed by atoms with Crippen molar-refractivity contribution in [2.24, 2.45) is 0 Å². The van der Waals surface area contributed by atoms with Crippen molar-refractivity contribution < 1.29 is 14.8 Å². The number of rotatable bonds is 9. The summed E-state index contributed by atoms with van der Waals surface area (Å²) in [7, 11) is 1.67. The lowest BCUT2D eigenvalue weighted by molar-refractivity contribution is -0.682. The maximum Gasteiger partial charge on any atom is 0.275 e. The van der Waals surface area contributed by atoms with Crippen LogP contribution in [-0.2, 0) is 4.79 Å². The maximum absolute atomic E-state index is 12.7. The molecule has 32 heavy (non-hydrogen) atoms. The zero-order valence-electron chi connectivity index (χ0n) is 18.5. The average molecular weight is 429 g/mol. The van der Waals surface area contributed by atoms with Crippen LogP contribution < -0.4 is 15.4 Å². The number of benzene rings is 3. The number of H-pyrrole nitrogens is 1. The Morgan fingerprint density at radius 3 is 2.44 bits per heavy atom. The normalized spacial score (nSPS) is 12.9. The van der Waals surface area contributed by atoms with Crippen molar-refractivity contribution in [1.29, 1.82) is 0 Å². The van der Waals surface area contributed by atoms with E-state index in [0.717, 1.165) is 16.8 Å². The minimum absolute atomic E-state index is 0.0335. The Balaban J connectivity index is 1.47. The van der Waals surface area contributed by atoms with Crippen LogP contribution in [0.3, 0.4) is 0 Å². The van der Waals surface area contributed by atoms with Gasteiger partial charge in [0, 0.05) is 35.1 Å². The summed E-state index contributed by atoms with van der Waals surface area (Å²) in [6.07, 6.45) is 2.05. The monoisotopic (exact) mass is 428 g/mol. The molecule has 1 aromatic heterocycles. The zero-order chi connectivity index (χ0) is 22.3. The predicted octanol–water partition coefficient (Wildman–Crippen LogP) is 3.75. The van der Waals surface area contributed by atoms with E-state index in [4.69, 9.17) is 4.74 Å². The van der Waals surface area contributed by atoms with E-state index in [1.165, 1.54) is 16.5 Å². The highest BCUT2D eigenvalue weighted by atomic mass is 16.5. The first-order valence-corrected chi connectivity index (χ1v) is 11.0. The number of methoxy groups -OCH3 is 1. The second-order valence-electron chi connectivity index (χ2n) is 8.06. The molecule has 5 heteroatoms. The molecule has 0 saturated carbocycles. The van der Waals surface area contributed by atoms with E-state index in [2.05, 4.69) is 65.1 Å². The van der Waals surface area contributed by atoms with E-state index in [9.17, 15) is 4.79 Å². The molecule has 0 fully saturated rings. The number of amides is 1. The van der Waals surface area contributed by atoms with E-state index in [1.807, 2.05) is 42.5 Å². The van der Waals surface area contributed by atoms with Gasteiger partial charge in [-0.25, -0.2) is 0 Å². The molecule has 0 radical (unpaired) electrons. The van der Waals surface area contributed by atoms with Gasteiger partial charge in [0.05, 0.1) is 7.11 Å². The van der Waals surface area contributed by atoms with Crippen LogP contribution >= 0.6 is 0 Å². The lowest BCUT2D eigenvalue weighted by Gasteiger charge is -2.19. The number of ether oxygens (including phenoxy) is 1. The van der Waals surface area contributed by atoms with Crippen LogP contribution in [0.1, 0.15) is 35.6 Å². The first-order valence-electron chi connectivity index (χ1n) is 11.0. The van der Waals surface area contributed by atoms with Gasteiger partial charge in [0.15, 0.2) is 6.54 Å². The minimum atomic E-state index is 0.0335. The van der Waals surface area contributed by atoms with Gasteiger partial charge in [-0.1, -0.05) is 60.7 Å². The molecule has 4 N–H and O–H groups in total. The van der Waals surface area contributed by atoms with Crippen LogP contribution in [0.4, 0.5) is 0 Å². The number of aromatic amines is 1. The number of carbonyl (C=O) groups is 1. The quantitative estimate of drug-likeness (QED) is 0.380. The third-order valence-corrected chi connectivity index (χ3v) is 6.00. The highest BCUT2D eigenvalue weighted by molar-refractivity contribution is 5.84. The first-order chi connectivity index (χ1) is 15.7. The van der Waals surface area contributed by atoms with Crippen LogP contribution in [0.5, 0.6) is 5.75 Å². The maximum atomic E-state index is 12.7. The van der Waals surface area contributed by atoms with Crippen LogP contribution in [0, 0.1) is 0 Å². The second-order valence-corrected chi connectivity index (χ2v) is 8.06. The van der Waals surface area contributed by atoms with E-state index in [-0.39, 0.29) is 17.9 Å². The number of hydrogen-bond donors (Lipinski definition) is 3. The largest absolute Gasteiger partial charge is 0.497 e. The molecule has 1 amide bonds. The topological polar surface area (TPSA) is 70.7 Å². The zero-order valence-corrected chi connectivity index (χ0v) is 18.5. The number of carbonyl (C=O) groups excluding carboxylic acids is 1. The van der Waals surface area contributed by atoms with Gasteiger partial charge in [-0.3, -0.25) is 4.79 Å². The Morgan fingerprint density at radius 1 is 0.969 bits per heavy atom. The van der Waals surface area contributed by atoms with Crippen molar-refractivity contribution in [2.45, 2.75) is 18.9 Å². The van der Waals surface area contributed by atoms with E-state index in [1.54, 1.807) is 7.11 Å².